The van der Waals surface area contributed by atoms with Gasteiger partial charge in [-0.05, 0) is 31.5 Å². The lowest BCUT2D eigenvalue weighted by atomic mass is 10.1. The first-order chi connectivity index (χ1) is 11.0. The predicted octanol–water partition coefficient (Wildman–Crippen LogP) is 1.96. The molecule has 0 radical (unpaired) electrons. The average Bonchev–Trinajstić information content (AvgIpc) is 3.03. The summed E-state index contributed by atoms with van der Waals surface area (Å²) in [6, 6.07) is 7.27. The third kappa shape index (κ3) is 2.75. The second-order valence-electron chi connectivity index (χ2n) is 5.54. The third-order valence-electron chi connectivity index (χ3n) is 3.89. The van der Waals surface area contributed by atoms with Crippen LogP contribution in [0.3, 0.4) is 0 Å². The normalized spacial score (nSPS) is 17.4. The summed E-state index contributed by atoms with van der Waals surface area (Å²) >= 11 is 0. The van der Waals surface area contributed by atoms with Crippen molar-refractivity contribution in [2.45, 2.75) is 19.4 Å². The van der Waals surface area contributed by atoms with Crippen molar-refractivity contribution < 1.29 is 9.18 Å². The first kappa shape index (κ1) is 15.0. The minimum absolute atomic E-state index is 0.0822. The van der Waals surface area contributed by atoms with Crippen molar-refractivity contribution in [2.24, 2.45) is 7.05 Å². The summed E-state index contributed by atoms with van der Waals surface area (Å²) in [5, 5.41) is 16.4. The lowest BCUT2D eigenvalue weighted by Crippen LogP contribution is -2.34. The fraction of sp³-hybridized carbons (Fsp3) is 0.312. The zero-order valence-corrected chi connectivity index (χ0v) is 12.9. The van der Waals surface area contributed by atoms with Crippen molar-refractivity contribution in [3.8, 4) is 6.07 Å². The van der Waals surface area contributed by atoms with Gasteiger partial charge in [0, 0.05) is 19.7 Å². The highest BCUT2D eigenvalue weighted by Gasteiger charge is 2.34. The van der Waals surface area contributed by atoms with Crippen molar-refractivity contribution in [3.05, 3.63) is 41.3 Å². The van der Waals surface area contributed by atoms with E-state index in [9.17, 15) is 9.18 Å². The van der Waals surface area contributed by atoms with Gasteiger partial charge in [-0.15, -0.1) is 0 Å². The number of nitrogens with zero attached hydrogens (tertiary/aromatic N) is 4. The molecule has 1 unspecified atom stereocenters. The van der Waals surface area contributed by atoms with Crippen LogP contribution in [0, 0.1) is 24.1 Å². The largest absolute Gasteiger partial charge is 0.373 e. The maximum absolute atomic E-state index is 13.2. The number of aromatic nitrogens is 2. The fourth-order valence-corrected chi connectivity index (χ4v) is 2.81. The number of carbonyl (C=O) groups is 1. The minimum Gasteiger partial charge on any atom is -0.373 e. The number of hydrogen-bond acceptors (Lipinski definition) is 4. The summed E-state index contributed by atoms with van der Waals surface area (Å²) in [5.41, 5.74) is 1.50. The molecule has 1 aliphatic heterocycles. The van der Waals surface area contributed by atoms with Crippen molar-refractivity contribution >= 4 is 17.4 Å². The topological polar surface area (TPSA) is 74.0 Å². The smallest absolute Gasteiger partial charge is 0.250 e. The molecular formula is C16H16FN5O. The molecule has 0 bridgehead atoms. The van der Waals surface area contributed by atoms with E-state index in [1.54, 1.807) is 16.6 Å². The molecular weight excluding hydrogens is 297 g/mol. The molecule has 7 heteroatoms. The standard InChI is InChI=1S/C16H16FN5O/c1-10-7-15(21(2)20-10)22-6-5-14(16(22)23)19-13-4-3-12(17)8-11(13)9-18/h3-4,7-8,14,19H,5-6H2,1-2H3. The Kier molecular flexibility index (Phi) is 3.74. The summed E-state index contributed by atoms with van der Waals surface area (Å²) in [4.78, 5) is 14.3. The number of hydrogen-bond donors (Lipinski definition) is 1. The number of amides is 1. The molecule has 1 fully saturated rings. The predicted molar refractivity (Wildman–Crippen MR) is 83.4 cm³/mol. The minimum atomic E-state index is -0.475. The van der Waals surface area contributed by atoms with E-state index in [0.29, 0.717) is 18.7 Å². The first-order valence-electron chi connectivity index (χ1n) is 7.28. The number of rotatable bonds is 3. The molecule has 1 saturated heterocycles. The van der Waals surface area contributed by atoms with E-state index in [4.69, 9.17) is 5.26 Å². The van der Waals surface area contributed by atoms with Crippen LogP contribution in [0.5, 0.6) is 0 Å². The van der Waals surface area contributed by atoms with Gasteiger partial charge in [0.25, 0.3) is 5.91 Å². The third-order valence-corrected chi connectivity index (χ3v) is 3.89. The zero-order valence-electron chi connectivity index (χ0n) is 12.9. The highest BCUT2D eigenvalue weighted by Crippen LogP contribution is 2.25. The lowest BCUT2D eigenvalue weighted by molar-refractivity contribution is -0.117. The van der Waals surface area contributed by atoms with Gasteiger partial charge in [0.2, 0.25) is 0 Å². The average molecular weight is 313 g/mol. The second kappa shape index (κ2) is 5.72. The molecule has 1 aromatic carbocycles. The molecule has 0 aliphatic carbocycles. The Labute approximate surface area is 133 Å². The highest BCUT2D eigenvalue weighted by molar-refractivity contribution is 6.00. The Bertz CT molecular complexity index is 807. The molecule has 2 heterocycles. The maximum atomic E-state index is 13.2. The van der Waals surface area contributed by atoms with Gasteiger partial charge in [-0.2, -0.15) is 10.4 Å². The van der Waals surface area contributed by atoms with E-state index in [2.05, 4.69) is 10.4 Å². The van der Waals surface area contributed by atoms with Crippen LogP contribution in [0.15, 0.2) is 24.3 Å². The van der Waals surface area contributed by atoms with Gasteiger partial charge in [0.05, 0.1) is 16.9 Å². The van der Waals surface area contributed by atoms with E-state index in [1.165, 1.54) is 12.1 Å². The lowest BCUT2D eigenvalue weighted by Gasteiger charge is -2.17. The number of nitrogens with one attached hydrogen (secondary N) is 1. The van der Waals surface area contributed by atoms with Gasteiger partial charge in [0.1, 0.15) is 23.7 Å². The monoisotopic (exact) mass is 313 g/mol. The van der Waals surface area contributed by atoms with Crippen LogP contribution < -0.4 is 10.2 Å². The summed E-state index contributed by atoms with van der Waals surface area (Å²) in [5.74, 6) is 0.189. The number of anilines is 2. The Balaban J connectivity index is 1.80. The van der Waals surface area contributed by atoms with E-state index < -0.39 is 11.9 Å². The summed E-state index contributed by atoms with van der Waals surface area (Å²) < 4.78 is 14.9. The maximum Gasteiger partial charge on any atom is 0.250 e. The Hall–Kier alpha value is -2.88. The van der Waals surface area contributed by atoms with Gasteiger partial charge >= 0.3 is 0 Å². The van der Waals surface area contributed by atoms with Crippen molar-refractivity contribution in [3.63, 3.8) is 0 Å². The van der Waals surface area contributed by atoms with Gasteiger partial charge in [-0.25, -0.2) is 4.39 Å². The van der Waals surface area contributed by atoms with E-state index in [-0.39, 0.29) is 11.5 Å². The Morgan fingerprint density at radius 3 is 2.87 bits per heavy atom. The molecule has 23 heavy (non-hydrogen) atoms. The van der Waals surface area contributed by atoms with Crippen LogP contribution in [0.2, 0.25) is 0 Å². The fourth-order valence-electron chi connectivity index (χ4n) is 2.81. The van der Waals surface area contributed by atoms with Crippen molar-refractivity contribution in [1.29, 1.82) is 5.26 Å². The Morgan fingerprint density at radius 1 is 1.43 bits per heavy atom. The summed E-state index contributed by atoms with van der Waals surface area (Å²) in [6.45, 7) is 2.44. The molecule has 1 N–H and O–H groups in total. The summed E-state index contributed by atoms with van der Waals surface area (Å²) in [6.07, 6.45) is 0.602. The van der Waals surface area contributed by atoms with Crippen LogP contribution in [0.1, 0.15) is 17.7 Å². The molecule has 0 spiro atoms. The highest BCUT2D eigenvalue weighted by atomic mass is 19.1. The van der Waals surface area contributed by atoms with E-state index >= 15 is 0 Å². The number of carbonyl (C=O) groups excluding carboxylic acids is 1. The van der Waals surface area contributed by atoms with Crippen LogP contribution in [0.25, 0.3) is 0 Å². The van der Waals surface area contributed by atoms with Crippen LogP contribution >= 0.6 is 0 Å². The molecule has 3 rings (SSSR count). The number of halogens is 1. The molecule has 1 aliphatic rings. The van der Waals surface area contributed by atoms with Gasteiger partial charge in [0.15, 0.2) is 0 Å². The molecule has 6 nitrogen and oxygen atoms in total. The molecule has 118 valence electrons. The molecule has 1 amide bonds. The van der Waals surface area contributed by atoms with Gasteiger partial charge in [-0.1, -0.05) is 0 Å². The van der Waals surface area contributed by atoms with E-state index in [0.717, 1.165) is 17.6 Å². The van der Waals surface area contributed by atoms with Gasteiger partial charge in [-0.3, -0.25) is 14.4 Å². The zero-order chi connectivity index (χ0) is 16.6. The SMILES string of the molecule is Cc1cc(N2CCC(Nc3ccc(F)cc3C#N)C2=O)n(C)n1. The van der Waals surface area contributed by atoms with E-state index in [1.807, 2.05) is 19.1 Å². The number of aryl methyl sites for hydroxylation is 2. The number of nitriles is 1. The molecule has 1 aromatic heterocycles. The van der Waals surface area contributed by atoms with Gasteiger partial charge < -0.3 is 5.32 Å². The molecule has 0 saturated carbocycles. The van der Waals surface area contributed by atoms with Crippen LogP contribution in [-0.2, 0) is 11.8 Å². The number of benzene rings is 1. The quantitative estimate of drug-likeness (QED) is 0.940. The second-order valence-corrected chi connectivity index (χ2v) is 5.54. The van der Waals surface area contributed by atoms with Crippen LogP contribution in [-0.4, -0.2) is 28.3 Å². The van der Waals surface area contributed by atoms with Crippen molar-refractivity contribution in [1.82, 2.24) is 9.78 Å². The summed E-state index contributed by atoms with van der Waals surface area (Å²) in [7, 11) is 1.80. The first-order valence-corrected chi connectivity index (χ1v) is 7.28. The Morgan fingerprint density at radius 2 is 2.22 bits per heavy atom. The van der Waals surface area contributed by atoms with Crippen molar-refractivity contribution in [2.75, 3.05) is 16.8 Å². The molecule has 1 atom stereocenters. The molecule has 2 aromatic rings. The van der Waals surface area contributed by atoms with Crippen LogP contribution in [0.4, 0.5) is 15.9 Å².